The molecule has 0 aliphatic heterocycles. The molecule has 0 aromatic rings. The molecule has 81 heavy (non-hydrogen) atoms. The predicted octanol–water partition coefficient (Wildman–Crippen LogP) is 24.4. The molecule has 470 valence electrons. The van der Waals surface area contributed by atoms with Crippen molar-refractivity contribution >= 4 is 17.9 Å². The summed E-state index contributed by atoms with van der Waals surface area (Å²) in [4.78, 5) is 38.4. The summed E-state index contributed by atoms with van der Waals surface area (Å²) < 4.78 is 17.0. The van der Waals surface area contributed by atoms with E-state index in [1.165, 1.54) is 238 Å². The fraction of sp³-hybridized carbons (Fsp3) is 0.800. The first-order valence-electron chi connectivity index (χ1n) is 35.4. The Labute approximate surface area is 503 Å². The number of allylic oxidation sites excluding steroid dienone is 12. The van der Waals surface area contributed by atoms with Gasteiger partial charge in [0.15, 0.2) is 6.10 Å². The lowest BCUT2D eigenvalue weighted by Gasteiger charge is -2.18. The van der Waals surface area contributed by atoms with Gasteiger partial charge in [-0.15, -0.1) is 0 Å². The van der Waals surface area contributed by atoms with Crippen molar-refractivity contribution in [2.24, 2.45) is 0 Å². The van der Waals surface area contributed by atoms with E-state index in [0.29, 0.717) is 19.3 Å². The molecule has 0 amide bonds. The Morgan fingerprint density at radius 3 is 0.765 bits per heavy atom. The summed E-state index contributed by atoms with van der Waals surface area (Å²) in [5.41, 5.74) is 0. The van der Waals surface area contributed by atoms with Gasteiger partial charge in [-0.05, 0) is 89.9 Å². The van der Waals surface area contributed by atoms with Crippen molar-refractivity contribution in [3.8, 4) is 0 Å². The molecule has 0 saturated carbocycles. The number of carbonyl (C=O) groups excluding carboxylic acids is 3. The van der Waals surface area contributed by atoms with Gasteiger partial charge in [-0.1, -0.05) is 331 Å². The smallest absolute Gasteiger partial charge is 0.306 e. The Morgan fingerprint density at radius 1 is 0.259 bits per heavy atom. The molecule has 0 radical (unpaired) electrons. The third-order valence-corrected chi connectivity index (χ3v) is 15.7. The van der Waals surface area contributed by atoms with Crippen LogP contribution in [0.3, 0.4) is 0 Å². The molecule has 0 rings (SSSR count). The summed E-state index contributed by atoms with van der Waals surface area (Å²) in [6, 6.07) is 0. The monoisotopic (exact) mass is 1130 g/mol. The molecule has 0 aromatic carbocycles. The van der Waals surface area contributed by atoms with Gasteiger partial charge in [0.1, 0.15) is 13.2 Å². The van der Waals surface area contributed by atoms with Crippen LogP contribution in [-0.2, 0) is 28.6 Å². The first-order valence-corrected chi connectivity index (χ1v) is 35.4. The number of ether oxygens (including phenoxy) is 3. The van der Waals surface area contributed by atoms with E-state index in [0.717, 1.165) is 89.9 Å². The van der Waals surface area contributed by atoms with Gasteiger partial charge >= 0.3 is 17.9 Å². The molecule has 0 aliphatic carbocycles. The van der Waals surface area contributed by atoms with E-state index in [2.05, 4.69) is 93.7 Å². The molecule has 0 N–H and O–H groups in total. The Hall–Kier alpha value is -3.15. The van der Waals surface area contributed by atoms with Gasteiger partial charge in [0, 0.05) is 19.3 Å². The number of rotatable bonds is 65. The lowest BCUT2D eigenvalue weighted by Crippen LogP contribution is -2.30. The van der Waals surface area contributed by atoms with Crippen molar-refractivity contribution < 1.29 is 28.6 Å². The van der Waals surface area contributed by atoms with Crippen molar-refractivity contribution in [1.82, 2.24) is 0 Å². The topological polar surface area (TPSA) is 78.9 Å². The van der Waals surface area contributed by atoms with Crippen LogP contribution in [0.5, 0.6) is 0 Å². The van der Waals surface area contributed by atoms with Crippen LogP contribution < -0.4 is 0 Å². The minimum atomic E-state index is -0.774. The van der Waals surface area contributed by atoms with Crippen LogP contribution in [0.25, 0.3) is 0 Å². The predicted molar refractivity (Wildman–Crippen MR) is 353 cm³/mol. The van der Waals surface area contributed by atoms with Crippen LogP contribution in [0.2, 0.25) is 0 Å². The Balaban J connectivity index is 4.20. The van der Waals surface area contributed by atoms with E-state index < -0.39 is 6.10 Å². The molecule has 0 spiro atoms. The van der Waals surface area contributed by atoms with E-state index in [1.54, 1.807) is 0 Å². The van der Waals surface area contributed by atoms with Gasteiger partial charge in [-0.25, -0.2) is 0 Å². The SMILES string of the molecule is CC/C=C\C/C=C\C/C=C\C/C=C\C/C=C\CCCCCCCCCCCCCCCCCC(=O)OCC(COC(=O)CCCCCCCCCCCCCCC)OC(=O)CCCCCCCCCCC/C=C\CCCCCCCC. The molecular weight excluding hydrogens is 997 g/mol. The quantitative estimate of drug-likeness (QED) is 0.0261. The summed E-state index contributed by atoms with van der Waals surface area (Å²) in [5, 5.41) is 0. The number of unbranched alkanes of at least 4 members (excludes halogenated alkanes) is 42. The summed E-state index contributed by atoms with van der Waals surface area (Å²) in [6.07, 6.45) is 90.7. The molecule has 6 heteroatoms. The summed E-state index contributed by atoms with van der Waals surface area (Å²) in [6.45, 7) is 6.58. The van der Waals surface area contributed by atoms with Crippen molar-refractivity contribution in [2.75, 3.05) is 13.2 Å². The molecule has 0 saturated heterocycles. The van der Waals surface area contributed by atoms with Crippen LogP contribution in [0.4, 0.5) is 0 Å². The summed E-state index contributed by atoms with van der Waals surface area (Å²) >= 11 is 0. The van der Waals surface area contributed by atoms with Crippen LogP contribution in [0.15, 0.2) is 72.9 Å². The molecule has 0 bridgehead atoms. The third-order valence-electron chi connectivity index (χ3n) is 15.7. The average molecular weight is 1130 g/mol. The van der Waals surface area contributed by atoms with Crippen molar-refractivity contribution in [3.05, 3.63) is 72.9 Å². The summed E-state index contributed by atoms with van der Waals surface area (Å²) in [5.74, 6) is -0.849. The van der Waals surface area contributed by atoms with E-state index in [1.807, 2.05) is 0 Å². The second kappa shape index (κ2) is 69.3. The zero-order valence-electron chi connectivity index (χ0n) is 54.1. The Kier molecular flexibility index (Phi) is 66.6. The van der Waals surface area contributed by atoms with Gasteiger partial charge in [-0.3, -0.25) is 14.4 Å². The van der Waals surface area contributed by atoms with Crippen molar-refractivity contribution in [3.63, 3.8) is 0 Å². The zero-order chi connectivity index (χ0) is 58.5. The van der Waals surface area contributed by atoms with Gasteiger partial charge in [0.25, 0.3) is 0 Å². The normalized spacial score (nSPS) is 12.5. The van der Waals surface area contributed by atoms with E-state index >= 15 is 0 Å². The summed E-state index contributed by atoms with van der Waals surface area (Å²) in [7, 11) is 0. The largest absolute Gasteiger partial charge is 0.462 e. The molecule has 1 unspecified atom stereocenters. The zero-order valence-corrected chi connectivity index (χ0v) is 54.1. The van der Waals surface area contributed by atoms with E-state index in [9.17, 15) is 14.4 Å². The second-order valence-electron chi connectivity index (χ2n) is 23.8. The Bertz CT molecular complexity index is 1490. The van der Waals surface area contributed by atoms with Crippen LogP contribution in [-0.4, -0.2) is 37.2 Å². The van der Waals surface area contributed by atoms with Crippen molar-refractivity contribution in [1.29, 1.82) is 0 Å². The maximum Gasteiger partial charge on any atom is 0.306 e. The van der Waals surface area contributed by atoms with Crippen LogP contribution in [0.1, 0.15) is 367 Å². The van der Waals surface area contributed by atoms with Gasteiger partial charge in [-0.2, -0.15) is 0 Å². The average Bonchev–Trinajstić information content (AvgIpc) is 3.46. The molecule has 6 nitrogen and oxygen atoms in total. The highest BCUT2D eigenvalue weighted by molar-refractivity contribution is 5.71. The minimum Gasteiger partial charge on any atom is -0.462 e. The maximum absolute atomic E-state index is 12.9. The number of hydrogen-bond donors (Lipinski definition) is 0. The van der Waals surface area contributed by atoms with E-state index in [4.69, 9.17) is 14.2 Å². The number of hydrogen-bond acceptors (Lipinski definition) is 6. The highest BCUT2D eigenvalue weighted by atomic mass is 16.6. The van der Waals surface area contributed by atoms with Crippen LogP contribution in [0, 0.1) is 0 Å². The first kappa shape index (κ1) is 77.9. The number of carbonyl (C=O) groups is 3. The maximum atomic E-state index is 12.9. The lowest BCUT2D eigenvalue weighted by atomic mass is 10.0. The van der Waals surface area contributed by atoms with E-state index in [-0.39, 0.29) is 31.1 Å². The third kappa shape index (κ3) is 67.5. The molecular formula is C75H134O6. The lowest BCUT2D eigenvalue weighted by molar-refractivity contribution is -0.167. The molecule has 0 aliphatic rings. The van der Waals surface area contributed by atoms with Crippen LogP contribution >= 0.6 is 0 Å². The molecule has 1 atom stereocenters. The number of esters is 3. The molecule has 0 fully saturated rings. The fourth-order valence-corrected chi connectivity index (χ4v) is 10.4. The van der Waals surface area contributed by atoms with Crippen molar-refractivity contribution in [2.45, 2.75) is 374 Å². The Morgan fingerprint density at radius 2 is 0.481 bits per heavy atom. The standard InChI is InChI=1S/C75H134O6/c1-4-7-10-13-16-19-22-25-27-29-31-32-33-34-35-36-37-38-39-40-41-42-44-45-47-50-53-56-59-62-65-68-74(77)80-71-72(70-79-73(76)67-64-61-58-55-52-49-24-21-18-15-12-9-6-3)81-75(78)69-66-63-60-57-54-51-48-46-43-30-28-26-23-20-17-14-11-8-5-2/h7,10,16,19,25-28,31-32,34-35,72H,4-6,8-9,11-15,17-18,20-24,29-30,33,36-71H2,1-3H3/b10-7-,19-16-,27-25-,28-26-,32-31-,35-34-. The van der Waals surface area contributed by atoms with Gasteiger partial charge < -0.3 is 14.2 Å². The second-order valence-corrected chi connectivity index (χ2v) is 23.8. The molecule has 0 heterocycles. The van der Waals surface area contributed by atoms with Gasteiger partial charge in [0.05, 0.1) is 0 Å². The minimum absolute atomic E-state index is 0.0702. The highest BCUT2D eigenvalue weighted by Crippen LogP contribution is 2.18. The fourth-order valence-electron chi connectivity index (χ4n) is 10.4. The first-order chi connectivity index (χ1) is 40.0. The van der Waals surface area contributed by atoms with Gasteiger partial charge in [0.2, 0.25) is 0 Å². The molecule has 0 aromatic heterocycles. The highest BCUT2D eigenvalue weighted by Gasteiger charge is 2.19.